The van der Waals surface area contributed by atoms with E-state index < -0.39 is 0 Å². The van der Waals surface area contributed by atoms with Crippen molar-refractivity contribution in [2.24, 2.45) is 0 Å². The molecule has 4 rings (SSSR count). The molecule has 0 aliphatic carbocycles. The average molecular weight is 353 g/mol. The van der Waals surface area contributed by atoms with Crippen molar-refractivity contribution in [2.45, 2.75) is 31.8 Å². The Labute approximate surface area is 153 Å². The Balaban J connectivity index is 1.90. The summed E-state index contributed by atoms with van der Waals surface area (Å²) in [6.07, 6.45) is 1.90. The molecule has 0 unspecified atom stereocenters. The molecule has 25 heavy (non-hydrogen) atoms. The maximum absolute atomic E-state index is 11.7. The van der Waals surface area contributed by atoms with Gasteiger partial charge in [-0.3, -0.25) is 4.79 Å². The zero-order valence-electron chi connectivity index (χ0n) is 14.0. The number of piperidine rings is 1. The van der Waals surface area contributed by atoms with Gasteiger partial charge in [0, 0.05) is 24.1 Å². The van der Waals surface area contributed by atoms with Crippen LogP contribution in [0.5, 0.6) is 11.5 Å². The fraction of sp³-hybridized carbons (Fsp3) is 0.316. The number of carbonyl (C=O) groups excluding carboxylic acids is 1. The van der Waals surface area contributed by atoms with Crippen molar-refractivity contribution in [3.63, 3.8) is 0 Å². The molecule has 2 aliphatic rings. The van der Waals surface area contributed by atoms with Crippen LogP contribution < -0.4 is 20.4 Å². The van der Waals surface area contributed by atoms with Gasteiger partial charge in [0.05, 0.1) is 17.8 Å². The van der Waals surface area contributed by atoms with Crippen LogP contribution in [0.3, 0.4) is 0 Å². The molecule has 0 bridgehead atoms. The molecule has 126 valence electrons. The second-order valence-electron chi connectivity index (χ2n) is 6.60. The summed E-state index contributed by atoms with van der Waals surface area (Å²) in [6.45, 7) is 2.43. The Morgan fingerprint density at radius 3 is 2.92 bits per heavy atom. The molecule has 2 aliphatic heterocycles. The third kappa shape index (κ3) is 2.97. The van der Waals surface area contributed by atoms with Gasteiger partial charge >= 0.3 is 0 Å². The maximum atomic E-state index is 11.7. The molecule has 2 aromatic carbocycles. The number of carbonyl (C=O) groups is 1. The van der Waals surface area contributed by atoms with Gasteiger partial charge in [-0.15, -0.1) is 0 Å². The molecule has 1 amide bonds. The minimum absolute atomic E-state index is 0.00200. The van der Waals surface area contributed by atoms with Crippen molar-refractivity contribution in [3.8, 4) is 11.5 Å². The van der Waals surface area contributed by atoms with Gasteiger partial charge in [-0.25, -0.2) is 0 Å². The van der Waals surface area contributed by atoms with Gasteiger partial charge in [-0.2, -0.15) is 0 Å². The summed E-state index contributed by atoms with van der Waals surface area (Å²) in [5.74, 6) is 1.45. The molecule has 6 heteroatoms. The fourth-order valence-electron chi connectivity index (χ4n) is 3.87. The van der Waals surface area contributed by atoms with Gasteiger partial charge in [-0.1, -0.05) is 29.2 Å². The summed E-state index contributed by atoms with van der Waals surface area (Å²) in [5.41, 5.74) is 2.62. The van der Waals surface area contributed by atoms with Crippen molar-refractivity contribution in [1.29, 1.82) is 0 Å². The molecule has 0 aromatic heterocycles. The number of benzene rings is 2. The van der Waals surface area contributed by atoms with Gasteiger partial charge in [0.15, 0.2) is 5.75 Å². The van der Waals surface area contributed by atoms with Crippen LogP contribution in [0.15, 0.2) is 36.4 Å². The predicted molar refractivity (Wildman–Crippen MR) is 100 cm³/mol. The van der Waals surface area contributed by atoms with E-state index in [4.69, 9.17) is 24.2 Å². The number of nitrogens with zero attached hydrogens (tertiary/aromatic N) is 1. The molecule has 1 N–H and O–H groups in total. The normalized spacial score (nSPS) is 21.3. The highest BCUT2D eigenvalue weighted by molar-refractivity contribution is 6.32. The van der Waals surface area contributed by atoms with E-state index in [1.54, 1.807) is 6.92 Å². The summed E-state index contributed by atoms with van der Waals surface area (Å²) < 4.78 is 6.19. The molecule has 1 fully saturated rings. The monoisotopic (exact) mass is 352 g/mol. The summed E-state index contributed by atoms with van der Waals surface area (Å²) in [6, 6.07) is 11.3. The van der Waals surface area contributed by atoms with Crippen LogP contribution in [-0.4, -0.2) is 26.3 Å². The number of nitrogens with one attached hydrogen (secondary N) is 1. The lowest BCUT2D eigenvalue weighted by Gasteiger charge is -2.42. The summed E-state index contributed by atoms with van der Waals surface area (Å²) in [4.78, 5) is 14.0. The smallest absolute Gasteiger partial charge is 0.217 e. The molecule has 4 nitrogen and oxygen atoms in total. The van der Waals surface area contributed by atoms with Crippen molar-refractivity contribution in [2.75, 3.05) is 11.4 Å². The minimum Gasteiger partial charge on any atom is -0.455 e. The fourth-order valence-corrected chi connectivity index (χ4v) is 4.03. The Morgan fingerprint density at radius 1 is 1.28 bits per heavy atom. The van der Waals surface area contributed by atoms with E-state index in [9.17, 15) is 4.79 Å². The van der Waals surface area contributed by atoms with Crippen LogP contribution in [0.1, 0.15) is 31.4 Å². The first kappa shape index (κ1) is 16.3. The lowest BCUT2D eigenvalue weighted by molar-refractivity contribution is -0.119. The molecule has 0 saturated carbocycles. The number of hydrogen-bond donors (Lipinski definition) is 1. The van der Waals surface area contributed by atoms with E-state index in [0.29, 0.717) is 10.5 Å². The third-order valence-electron chi connectivity index (χ3n) is 4.83. The van der Waals surface area contributed by atoms with E-state index in [0.717, 1.165) is 42.1 Å². The van der Waals surface area contributed by atoms with Crippen LogP contribution in [0.4, 0.5) is 5.69 Å². The van der Waals surface area contributed by atoms with E-state index >= 15 is 0 Å². The van der Waals surface area contributed by atoms with Crippen LogP contribution in [0, 0.1) is 0 Å². The average Bonchev–Trinajstić information content (AvgIpc) is 2.69. The second-order valence-corrected chi connectivity index (χ2v) is 7.04. The van der Waals surface area contributed by atoms with Crippen LogP contribution in [-0.2, 0) is 4.79 Å². The molecule has 2 heterocycles. The Kier molecular flexibility index (Phi) is 4.12. The standard InChI is InChI=1S/C19H18BClN2O2/c1-11(24)22-15-3-2-8-23-16-10-13(21)5-7-17(16)25-18-9-12(20)4-6-14(18)19(15)23/h4-7,9-10,15,19H,2-3,8H2,1H3,(H,22,24)/t15-,19+/m0/s1. The first-order chi connectivity index (χ1) is 12.0. The highest BCUT2D eigenvalue weighted by Crippen LogP contribution is 2.47. The molecule has 2 atom stereocenters. The lowest BCUT2D eigenvalue weighted by Crippen LogP contribution is -2.49. The van der Waals surface area contributed by atoms with Crippen molar-refractivity contribution < 1.29 is 9.53 Å². The number of hydrogen-bond acceptors (Lipinski definition) is 3. The largest absolute Gasteiger partial charge is 0.455 e. The van der Waals surface area contributed by atoms with Crippen molar-refractivity contribution in [1.82, 2.24) is 5.32 Å². The van der Waals surface area contributed by atoms with E-state index in [-0.39, 0.29) is 18.0 Å². The SMILES string of the molecule is [B]c1ccc2c(c1)Oc1ccc(Cl)cc1N1CCC[C@H](NC(C)=O)[C@@H]21. The number of anilines is 1. The number of fused-ring (bicyclic) bond motifs is 5. The number of amides is 1. The minimum atomic E-state index is -0.0275. The number of ether oxygens (including phenoxy) is 1. The molecular weight excluding hydrogens is 334 g/mol. The van der Waals surface area contributed by atoms with Gasteiger partial charge in [-0.05, 0) is 37.1 Å². The van der Waals surface area contributed by atoms with Crippen LogP contribution >= 0.6 is 11.6 Å². The first-order valence-corrected chi connectivity index (χ1v) is 8.81. The zero-order valence-corrected chi connectivity index (χ0v) is 14.7. The third-order valence-corrected chi connectivity index (χ3v) is 5.06. The Morgan fingerprint density at radius 2 is 2.12 bits per heavy atom. The lowest BCUT2D eigenvalue weighted by atomic mass is 9.86. The van der Waals surface area contributed by atoms with Gasteiger partial charge < -0.3 is 15.0 Å². The first-order valence-electron chi connectivity index (χ1n) is 8.43. The quantitative estimate of drug-likeness (QED) is 0.802. The Hall–Kier alpha value is -2.14. The zero-order chi connectivity index (χ0) is 17.6. The van der Waals surface area contributed by atoms with E-state index in [1.165, 1.54) is 0 Å². The Bertz CT molecular complexity index is 842. The molecule has 1 saturated heterocycles. The van der Waals surface area contributed by atoms with Gasteiger partial charge in [0.2, 0.25) is 5.91 Å². The maximum Gasteiger partial charge on any atom is 0.217 e. The highest BCUT2D eigenvalue weighted by Gasteiger charge is 2.38. The molecule has 2 radical (unpaired) electrons. The van der Waals surface area contributed by atoms with Gasteiger partial charge in [0.1, 0.15) is 13.6 Å². The van der Waals surface area contributed by atoms with Crippen LogP contribution in [0.2, 0.25) is 5.02 Å². The molecular formula is C19H18BClN2O2. The van der Waals surface area contributed by atoms with Gasteiger partial charge in [0.25, 0.3) is 0 Å². The summed E-state index contributed by atoms with van der Waals surface area (Å²) in [5, 5.41) is 3.77. The topological polar surface area (TPSA) is 41.6 Å². The predicted octanol–water partition coefficient (Wildman–Crippen LogP) is 3.09. The second kappa shape index (κ2) is 6.30. The molecule has 2 aromatic rings. The summed E-state index contributed by atoms with van der Waals surface area (Å²) in [7, 11) is 5.98. The molecule has 0 spiro atoms. The van der Waals surface area contributed by atoms with Crippen LogP contribution in [0.25, 0.3) is 0 Å². The van der Waals surface area contributed by atoms with E-state index in [1.807, 2.05) is 36.4 Å². The highest BCUT2D eigenvalue weighted by atomic mass is 35.5. The number of rotatable bonds is 1. The van der Waals surface area contributed by atoms with Crippen molar-refractivity contribution in [3.05, 3.63) is 47.0 Å². The van der Waals surface area contributed by atoms with E-state index in [2.05, 4.69) is 10.2 Å². The number of halogens is 1. The summed E-state index contributed by atoms with van der Waals surface area (Å²) >= 11 is 6.25. The van der Waals surface area contributed by atoms with Crippen molar-refractivity contribution >= 4 is 36.5 Å².